The van der Waals surface area contributed by atoms with Gasteiger partial charge in [-0.1, -0.05) is 41.9 Å². The molecule has 0 saturated carbocycles. The van der Waals surface area contributed by atoms with Crippen molar-refractivity contribution in [2.75, 3.05) is 19.7 Å². The first-order valence-corrected chi connectivity index (χ1v) is 11.8. The third kappa shape index (κ3) is 5.38. The van der Waals surface area contributed by atoms with Gasteiger partial charge in [0.2, 0.25) is 5.91 Å². The molecule has 0 atom stereocenters. The van der Waals surface area contributed by atoms with E-state index in [9.17, 15) is 4.79 Å². The standard InChI is InChI=1S/C24H25ClN2O3S/c1-2-29-21-9-5-6-10-22(21)30-18-11-13-27(14-12-18)23(28)15-17-16-31-24(26-17)19-7-3-4-8-20(19)25/h3-10,16,18H,2,11-15H2,1H3. The van der Waals surface area contributed by atoms with Crippen LogP contribution in [0, 0.1) is 0 Å². The number of ether oxygens (including phenoxy) is 2. The fraction of sp³-hybridized carbons (Fsp3) is 0.333. The second-order valence-corrected chi connectivity index (χ2v) is 8.64. The number of hydrogen-bond acceptors (Lipinski definition) is 5. The summed E-state index contributed by atoms with van der Waals surface area (Å²) in [7, 11) is 0. The van der Waals surface area contributed by atoms with Crippen LogP contribution >= 0.6 is 22.9 Å². The molecule has 1 fully saturated rings. The average Bonchev–Trinajstić information content (AvgIpc) is 3.24. The summed E-state index contributed by atoms with van der Waals surface area (Å²) in [5.41, 5.74) is 1.69. The second-order valence-electron chi connectivity index (χ2n) is 7.38. The summed E-state index contributed by atoms with van der Waals surface area (Å²) in [5.74, 6) is 1.63. The van der Waals surface area contributed by atoms with E-state index in [2.05, 4.69) is 4.98 Å². The Hall–Kier alpha value is -2.57. The highest BCUT2D eigenvalue weighted by Crippen LogP contribution is 2.31. The monoisotopic (exact) mass is 456 g/mol. The van der Waals surface area contributed by atoms with Crippen LogP contribution in [0.4, 0.5) is 0 Å². The van der Waals surface area contributed by atoms with E-state index in [1.165, 1.54) is 11.3 Å². The third-order valence-electron chi connectivity index (χ3n) is 5.23. The molecule has 0 unspecified atom stereocenters. The van der Waals surface area contributed by atoms with Crippen LogP contribution in [0.2, 0.25) is 5.02 Å². The molecule has 1 aromatic heterocycles. The lowest BCUT2D eigenvalue weighted by Crippen LogP contribution is -2.42. The molecule has 162 valence electrons. The van der Waals surface area contributed by atoms with Gasteiger partial charge < -0.3 is 14.4 Å². The average molecular weight is 457 g/mol. The number of piperidine rings is 1. The maximum absolute atomic E-state index is 12.8. The summed E-state index contributed by atoms with van der Waals surface area (Å²) in [4.78, 5) is 19.3. The van der Waals surface area contributed by atoms with Crippen molar-refractivity contribution < 1.29 is 14.3 Å². The molecular weight excluding hydrogens is 432 g/mol. The van der Waals surface area contributed by atoms with Gasteiger partial charge in [0.25, 0.3) is 0 Å². The van der Waals surface area contributed by atoms with Crippen molar-refractivity contribution in [2.45, 2.75) is 32.3 Å². The van der Waals surface area contributed by atoms with Crippen LogP contribution < -0.4 is 9.47 Å². The minimum atomic E-state index is 0.0803. The molecule has 0 radical (unpaired) electrons. The first-order chi connectivity index (χ1) is 15.1. The second kappa shape index (κ2) is 10.2. The smallest absolute Gasteiger partial charge is 0.228 e. The minimum absolute atomic E-state index is 0.0803. The molecule has 0 bridgehead atoms. The number of halogens is 1. The van der Waals surface area contributed by atoms with Gasteiger partial charge in [-0.25, -0.2) is 4.98 Å². The maximum Gasteiger partial charge on any atom is 0.228 e. The van der Waals surface area contributed by atoms with Crippen molar-refractivity contribution in [3.05, 3.63) is 64.6 Å². The summed E-state index contributed by atoms with van der Waals surface area (Å²) in [6.45, 7) is 3.92. The Morgan fingerprint density at radius 2 is 1.84 bits per heavy atom. The Labute approximate surface area is 191 Å². The molecule has 2 aromatic carbocycles. The number of amides is 1. The summed E-state index contributed by atoms with van der Waals surface area (Å²) in [5, 5.41) is 3.45. The van der Waals surface area contributed by atoms with Crippen LogP contribution in [0.3, 0.4) is 0 Å². The number of benzene rings is 2. The third-order valence-corrected chi connectivity index (χ3v) is 6.48. The van der Waals surface area contributed by atoms with Crippen molar-refractivity contribution in [3.8, 4) is 22.1 Å². The molecule has 7 heteroatoms. The fourth-order valence-corrected chi connectivity index (χ4v) is 4.78. The molecule has 1 aliphatic heterocycles. The Morgan fingerprint density at radius 3 is 2.58 bits per heavy atom. The van der Waals surface area contributed by atoms with Gasteiger partial charge in [-0.05, 0) is 25.1 Å². The van der Waals surface area contributed by atoms with Crippen molar-refractivity contribution in [2.24, 2.45) is 0 Å². The molecule has 5 nitrogen and oxygen atoms in total. The van der Waals surface area contributed by atoms with Crippen LogP contribution in [0.25, 0.3) is 10.6 Å². The highest BCUT2D eigenvalue weighted by atomic mass is 35.5. The number of thiazole rings is 1. The summed E-state index contributed by atoms with van der Waals surface area (Å²) in [6.07, 6.45) is 1.99. The van der Waals surface area contributed by atoms with Gasteiger partial charge in [0.15, 0.2) is 11.5 Å². The number of para-hydroxylation sites is 2. The molecule has 1 saturated heterocycles. The van der Waals surface area contributed by atoms with E-state index < -0.39 is 0 Å². The van der Waals surface area contributed by atoms with E-state index in [-0.39, 0.29) is 12.0 Å². The fourth-order valence-electron chi connectivity index (χ4n) is 3.64. The predicted molar refractivity (Wildman–Crippen MR) is 124 cm³/mol. The number of carbonyl (C=O) groups is 1. The molecule has 2 heterocycles. The zero-order valence-corrected chi connectivity index (χ0v) is 19.0. The number of nitrogens with zero attached hydrogens (tertiary/aromatic N) is 2. The van der Waals surface area contributed by atoms with Crippen molar-refractivity contribution in [1.29, 1.82) is 0 Å². The van der Waals surface area contributed by atoms with Crippen LogP contribution in [0.1, 0.15) is 25.5 Å². The van der Waals surface area contributed by atoms with Gasteiger partial charge in [-0.3, -0.25) is 4.79 Å². The van der Waals surface area contributed by atoms with E-state index in [0.717, 1.165) is 40.6 Å². The normalized spacial score (nSPS) is 14.5. The Balaban J connectivity index is 1.31. The van der Waals surface area contributed by atoms with E-state index in [0.29, 0.717) is 31.1 Å². The quantitative estimate of drug-likeness (QED) is 0.472. The van der Waals surface area contributed by atoms with E-state index in [1.807, 2.05) is 65.7 Å². The first kappa shape index (κ1) is 21.7. The molecule has 1 aliphatic rings. The molecule has 4 rings (SSSR count). The van der Waals surface area contributed by atoms with Gasteiger partial charge in [0.1, 0.15) is 11.1 Å². The number of likely N-dealkylation sites (tertiary alicyclic amines) is 1. The zero-order chi connectivity index (χ0) is 21.6. The lowest BCUT2D eigenvalue weighted by molar-refractivity contribution is -0.132. The molecule has 0 N–H and O–H groups in total. The van der Waals surface area contributed by atoms with E-state index in [1.54, 1.807) is 0 Å². The number of aromatic nitrogens is 1. The van der Waals surface area contributed by atoms with Crippen LogP contribution in [-0.2, 0) is 11.2 Å². The first-order valence-electron chi connectivity index (χ1n) is 10.5. The number of rotatable bonds is 7. The molecular formula is C24H25ClN2O3S. The van der Waals surface area contributed by atoms with Gasteiger partial charge in [-0.15, -0.1) is 11.3 Å². The molecule has 0 spiro atoms. The Kier molecular flexibility index (Phi) is 7.10. The Morgan fingerprint density at radius 1 is 1.13 bits per heavy atom. The number of hydrogen-bond donors (Lipinski definition) is 0. The number of carbonyl (C=O) groups excluding carboxylic acids is 1. The molecule has 0 aliphatic carbocycles. The Bertz CT molecular complexity index is 1030. The van der Waals surface area contributed by atoms with Gasteiger partial charge in [-0.2, -0.15) is 0 Å². The molecule has 31 heavy (non-hydrogen) atoms. The summed E-state index contributed by atoms with van der Waals surface area (Å²) in [6, 6.07) is 15.4. The van der Waals surface area contributed by atoms with Crippen LogP contribution in [0.5, 0.6) is 11.5 Å². The lowest BCUT2D eigenvalue weighted by atomic mass is 10.1. The highest BCUT2D eigenvalue weighted by Gasteiger charge is 2.25. The molecule has 1 amide bonds. The van der Waals surface area contributed by atoms with Gasteiger partial charge in [0.05, 0.1) is 23.7 Å². The molecule has 3 aromatic rings. The minimum Gasteiger partial charge on any atom is -0.490 e. The van der Waals surface area contributed by atoms with E-state index >= 15 is 0 Å². The summed E-state index contributed by atoms with van der Waals surface area (Å²) < 4.78 is 11.8. The predicted octanol–water partition coefficient (Wildman–Crippen LogP) is 5.47. The largest absolute Gasteiger partial charge is 0.490 e. The van der Waals surface area contributed by atoms with Crippen molar-refractivity contribution in [3.63, 3.8) is 0 Å². The van der Waals surface area contributed by atoms with Crippen LogP contribution in [0.15, 0.2) is 53.9 Å². The topological polar surface area (TPSA) is 51.7 Å². The highest BCUT2D eigenvalue weighted by molar-refractivity contribution is 7.13. The zero-order valence-electron chi connectivity index (χ0n) is 17.4. The SMILES string of the molecule is CCOc1ccccc1OC1CCN(C(=O)Cc2csc(-c3ccccc3Cl)n2)CC1. The van der Waals surface area contributed by atoms with Crippen LogP contribution in [-0.4, -0.2) is 41.6 Å². The van der Waals surface area contributed by atoms with E-state index in [4.69, 9.17) is 21.1 Å². The van der Waals surface area contributed by atoms with Gasteiger partial charge in [0, 0.05) is 36.9 Å². The lowest BCUT2D eigenvalue weighted by Gasteiger charge is -2.32. The van der Waals surface area contributed by atoms with Crippen molar-refractivity contribution >= 4 is 28.8 Å². The maximum atomic E-state index is 12.8. The summed E-state index contributed by atoms with van der Waals surface area (Å²) >= 11 is 7.78. The van der Waals surface area contributed by atoms with Crippen molar-refractivity contribution in [1.82, 2.24) is 9.88 Å². The van der Waals surface area contributed by atoms with Gasteiger partial charge >= 0.3 is 0 Å².